The van der Waals surface area contributed by atoms with E-state index in [4.69, 9.17) is 9.15 Å². The van der Waals surface area contributed by atoms with Crippen molar-refractivity contribution >= 4 is 35.0 Å². The number of hydrazone groups is 1. The van der Waals surface area contributed by atoms with Crippen LogP contribution >= 0.6 is 11.8 Å². The fourth-order valence-electron chi connectivity index (χ4n) is 2.68. The van der Waals surface area contributed by atoms with E-state index in [0.717, 1.165) is 23.3 Å². The average molecular weight is 412 g/mol. The zero-order chi connectivity index (χ0) is 20.3. The molecule has 1 heterocycles. The number of unbranched alkanes of at least 4 members (excludes halogenated alkanes) is 3. The lowest BCUT2D eigenvalue weighted by Crippen LogP contribution is -2.19. The number of amides is 1. The van der Waals surface area contributed by atoms with Crippen LogP contribution in [0.3, 0.4) is 0 Å². The van der Waals surface area contributed by atoms with Gasteiger partial charge in [0.25, 0.3) is 11.1 Å². The van der Waals surface area contributed by atoms with Gasteiger partial charge in [0, 0.05) is 5.56 Å². The molecule has 1 amide bonds. The number of nitrogens with zero attached hydrogens (tertiary/aromatic N) is 2. The number of hydrogen-bond donors (Lipinski definition) is 1. The van der Waals surface area contributed by atoms with Crippen molar-refractivity contribution in [2.24, 2.45) is 5.10 Å². The maximum absolute atomic E-state index is 12.0. The second kappa shape index (κ2) is 11.3. The second-order valence-electron chi connectivity index (χ2n) is 6.48. The minimum absolute atomic E-state index is 0.166. The van der Waals surface area contributed by atoms with E-state index in [2.05, 4.69) is 22.4 Å². The first-order valence-corrected chi connectivity index (χ1v) is 10.8. The molecule has 2 aromatic carbocycles. The molecule has 0 bridgehead atoms. The van der Waals surface area contributed by atoms with Crippen LogP contribution in [-0.4, -0.2) is 29.5 Å². The quantitative estimate of drug-likeness (QED) is 0.207. The Morgan fingerprint density at radius 3 is 2.86 bits per heavy atom. The number of fused-ring (bicyclic) bond motifs is 1. The molecule has 7 heteroatoms. The molecule has 0 aliphatic heterocycles. The van der Waals surface area contributed by atoms with Crippen molar-refractivity contribution in [2.75, 3.05) is 12.4 Å². The highest BCUT2D eigenvalue weighted by molar-refractivity contribution is 7.99. The molecule has 152 valence electrons. The van der Waals surface area contributed by atoms with Gasteiger partial charge in [0.05, 0.1) is 18.6 Å². The van der Waals surface area contributed by atoms with E-state index < -0.39 is 0 Å². The summed E-state index contributed by atoms with van der Waals surface area (Å²) in [4.78, 5) is 16.4. The molecular formula is C22H25N3O3S. The van der Waals surface area contributed by atoms with E-state index in [9.17, 15) is 4.79 Å². The molecule has 0 saturated heterocycles. The van der Waals surface area contributed by atoms with Crippen LogP contribution in [0.4, 0.5) is 0 Å². The van der Waals surface area contributed by atoms with Crippen molar-refractivity contribution in [3.05, 3.63) is 54.1 Å². The molecule has 0 fully saturated rings. The van der Waals surface area contributed by atoms with Gasteiger partial charge in [-0.05, 0) is 30.7 Å². The Balaban J connectivity index is 1.45. The van der Waals surface area contributed by atoms with E-state index in [1.54, 1.807) is 6.21 Å². The summed E-state index contributed by atoms with van der Waals surface area (Å²) in [6, 6.07) is 15.2. The average Bonchev–Trinajstić information content (AvgIpc) is 3.16. The van der Waals surface area contributed by atoms with Gasteiger partial charge in [0.1, 0.15) is 11.3 Å². The molecule has 0 spiro atoms. The first-order chi connectivity index (χ1) is 14.3. The number of aromatic nitrogens is 1. The number of hydrogen-bond acceptors (Lipinski definition) is 6. The van der Waals surface area contributed by atoms with Gasteiger partial charge in [-0.1, -0.05) is 62.2 Å². The van der Waals surface area contributed by atoms with Crippen molar-refractivity contribution in [3.63, 3.8) is 0 Å². The third-order valence-corrected chi connectivity index (χ3v) is 5.00. The van der Waals surface area contributed by atoms with Crippen LogP contribution in [0.25, 0.3) is 11.1 Å². The molecule has 0 unspecified atom stereocenters. The summed E-state index contributed by atoms with van der Waals surface area (Å²) in [5.74, 6) is 0.703. The van der Waals surface area contributed by atoms with Crippen molar-refractivity contribution in [3.8, 4) is 5.75 Å². The molecule has 6 nitrogen and oxygen atoms in total. The molecule has 3 aromatic rings. The molecule has 1 aromatic heterocycles. The molecular weight excluding hydrogens is 386 g/mol. The smallest absolute Gasteiger partial charge is 0.257 e. The van der Waals surface area contributed by atoms with E-state index in [1.807, 2.05) is 48.5 Å². The Kier molecular flexibility index (Phi) is 8.12. The number of rotatable bonds is 11. The Hall–Kier alpha value is -2.80. The van der Waals surface area contributed by atoms with Crippen LogP contribution in [0, 0.1) is 0 Å². The third kappa shape index (κ3) is 6.64. The normalized spacial score (nSPS) is 11.2. The minimum atomic E-state index is -0.230. The molecule has 3 rings (SSSR count). The van der Waals surface area contributed by atoms with Gasteiger partial charge in [0.15, 0.2) is 5.58 Å². The summed E-state index contributed by atoms with van der Waals surface area (Å²) < 4.78 is 11.4. The molecule has 0 saturated carbocycles. The lowest BCUT2D eigenvalue weighted by atomic mass is 10.2. The zero-order valence-electron chi connectivity index (χ0n) is 16.5. The fraction of sp³-hybridized carbons (Fsp3) is 0.318. The highest BCUT2D eigenvalue weighted by atomic mass is 32.2. The maximum atomic E-state index is 12.0. The maximum Gasteiger partial charge on any atom is 0.257 e. The molecule has 29 heavy (non-hydrogen) atoms. The van der Waals surface area contributed by atoms with Crippen molar-refractivity contribution in [1.29, 1.82) is 0 Å². The number of benzene rings is 2. The monoisotopic (exact) mass is 411 g/mol. The van der Waals surface area contributed by atoms with Crippen LogP contribution in [0.2, 0.25) is 0 Å². The van der Waals surface area contributed by atoms with Crippen molar-refractivity contribution in [2.45, 2.75) is 37.8 Å². The Morgan fingerprint density at radius 1 is 1.17 bits per heavy atom. The summed E-state index contributed by atoms with van der Waals surface area (Å²) in [5.41, 5.74) is 4.85. The van der Waals surface area contributed by atoms with Crippen LogP contribution in [-0.2, 0) is 4.79 Å². The third-order valence-electron chi connectivity index (χ3n) is 4.17. The van der Waals surface area contributed by atoms with Crippen LogP contribution in [0.5, 0.6) is 5.75 Å². The predicted octanol–water partition coefficient (Wildman–Crippen LogP) is 5.03. The van der Waals surface area contributed by atoms with E-state index in [1.165, 1.54) is 31.0 Å². The number of carbonyl (C=O) groups is 1. The van der Waals surface area contributed by atoms with E-state index in [0.29, 0.717) is 17.4 Å². The van der Waals surface area contributed by atoms with Gasteiger partial charge >= 0.3 is 0 Å². The topological polar surface area (TPSA) is 76.7 Å². The van der Waals surface area contributed by atoms with Crippen molar-refractivity contribution < 1.29 is 13.9 Å². The van der Waals surface area contributed by atoms with Crippen molar-refractivity contribution in [1.82, 2.24) is 10.4 Å². The lowest BCUT2D eigenvalue weighted by molar-refractivity contribution is -0.118. The summed E-state index contributed by atoms with van der Waals surface area (Å²) >= 11 is 1.23. The molecule has 0 atom stereocenters. The van der Waals surface area contributed by atoms with E-state index in [-0.39, 0.29) is 11.7 Å². The Labute approximate surface area is 174 Å². The molecule has 0 radical (unpaired) electrons. The zero-order valence-corrected chi connectivity index (χ0v) is 17.3. The largest absolute Gasteiger partial charge is 0.493 e. The lowest BCUT2D eigenvalue weighted by Gasteiger charge is -2.08. The summed E-state index contributed by atoms with van der Waals surface area (Å²) in [5, 5.41) is 4.51. The summed E-state index contributed by atoms with van der Waals surface area (Å²) in [6.07, 6.45) is 6.22. The van der Waals surface area contributed by atoms with Crippen LogP contribution < -0.4 is 10.2 Å². The number of nitrogens with one attached hydrogen (secondary N) is 1. The number of para-hydroxylation sites is 3. The minimum Gasteiger partial charge on any atom is -0.493 e. The van der Waals surface area contributed by atoms with Crippen LogP contribution in [0.15, 0.2) is 63.3 Å². The first-order valence-electron chi connectivity index (χ1n) is 9.78. The highest BCUT2D eigenvalue weighted by Gasteiger charge is 2.08. The van der Waals surface area contributed by atoms with Crippen LogP contribution in [0.1, 0.15) is 38.2 Å². The van der Waals surface area contributed by atoms with Gasteiger partial charge in [-0.25, -0.2) is 10.4 Å². The Morgan fingerprint density at radius 2 is 2.00 bits per heavy atom. The number of thioether (sulfide) groups is 1. The van der Waals surface area contributed by atoms with Gasteiger partial charge in [-0.3, -0.25) is 4.79 Å². The predicted molar refractivity (Wildman–Crippen MR) is 117 cm³/mol. The van der Waals surface area contributed by atoms with E-state index >= 15 is 0 Å². The SMILES string of the molecule is CCCCCCOc1ccccc1C=NNC(=O)CSc1nc2ccccc2o1. The number of ether oxygens (including phenoxy) is 1. The highest BCUT2D eigenvalue weighted by Crippen LogP contribution is 2.22. The standard InChI is InChI=1S/C22H25N3O3S/c1-2-3-4-9-14-27-19-12-7-5-10-17(19)15-23-25-21(26)16-29-22-24-18-11-6-8-13-20(18)28-22/h5-8,10-13,15H,2-4,9,14,16H2,1H3,(H,25,26). The molecule has 0 aliphatic carbocycles. The molecule has 1 N–H and O–H groups in total. The van der Waals surface area contributed by atoms with Gasteiger partial charge < -0.3 is 9.15 Å². The van der Waals surface area contributed by atoms with Gasteiger partial charge in [-0.15, -0.1) is 0 Å². The first kappa shape index (κ1) is 20.9. The Bertz CT molecular complexity index is 922. The number of carbonyl (C=O) groups excluding carboxylic acids is 1. The molecule has 0 aliphatic rings. The van der Waals surface area contributed by atoms with Gasteiger partial charge in [0.2, 0.25) is 0 Å². The van der Waals surface area contributed by atoms with Gasteiger partial charge in [-0.2, -0.15) is 5.10 Å². The fourth-order valence-corrected chi connectivity index (χ4v) is 3.31. The second-order valence-corrected chi connectivity index (χ2v) is 7.40. The number of oxazole rings is 1. The summed E-state index contributed by atoms with van der Waals surface area (Å²) in [7, 11) is 0. The summed E-state index contributed by atoms with van der Waals surface area (Å²) in [6.45, 7) is 2.87.